The fourth-order valence-electron chi connectivity index (χ4n) is 3.71. The number of benzene rings is 1. The van der Waals surface area contributed by atoms with Crippen LogP contribution in [-0.2, 0) is 16.1 Å². The summed E-state index contributed by atoms with van der Waals surface area (Å²) >= 11 is 0. The van der Waals surface area contributed by atoms with Gasteiger partial charge in [0.1, 0.15) is 17.6 Å². The van der Waals surface area contributed by atoms with Crippen LogP contribution in [0.1, 0.15) is 24.3 Å². The fraction of sp³-hybridized carbons (Fsp3) is 0.286. The molecule has 1 aromatic heterocycles. The molecule has 9 heteroatoms. The van der Waals surface area contributed by atoms with Crippen molar-refractivity contribution in [2.24, 2.45) is 0 Å². The first kappa shape index (κ1) is 19.7. The number of carbonyl (C=O) groups is 3. The van der Waals surface area contributed by atoms with Gasteiger partial charge in [0, 0.05) is 7.05 Å². The molecular weight excluding hydrogens is 391 g/mol. The Morgan fingerprint density at radius 3 is 2.83 bits per heavy atom. The molecule has 3 heterocycles. The van der Waals surface area contributed by atoms with Gasteiger partial charge in [0.25, 0.3) is 5.91 Å². The Labute approximate surface area is 172 Å². The van der Waals surface area contributed by atoms with Crippen LogP contribution in [0.25, 0.3) is 0 Å². The molecule has 4 rings (SSSR count). The number of hydrogen-bond acceptors (Lipinski definition) is 4. The van der Waals surface area contributed by atoms with Crippen LogP contribution in [0.3, 0.4) is 0 Å². The molecule has 2 aromatic rings. The minimum absolute atomic E-state index is 0.110. The molecule has 30 heavy (non-hydrogen) atoms. The molecule has 0 aliphatic carbocycles. The second-order valence-corrected chi connectivity index (χ2v) is 7.26. The summed E-state index contributed by atoms with van der Waals surface area (Å²) in [5, 5.41) is 5.49. The lowest BCUT2D eigenvalue weighted by atomic mass is 9.95. The number of amides is 4. The topological polar surface area (TPSA) is 94.9 Å². The summed E-state index contributed by atoms with van der Waals surface area (Å²) in [4.78, 5) is 41.0. The highest BCUT2D eigenvalue weighted by Crippen LogP contribution is 2.36. The number of carbonyl (C=O) groups excluding carboxylic acids is 3. The average molecular weight is 412 g/mol. The summed E-state index contributed by atoms with van der Waals surface area (Å²) < 4.78 is 19.0. The van der Waals surface area contributed by atoms with Gasteiger partial charge in [-0.25, -0.2) is 9.18 Å². The van der Waals surface area contributed by atoms with Crippen molar-refractivity contribution in [2.45, 2.75) is 25.6 Å². The van der Waals surface area contributed by atoms with E-state index in [1.54, 1.807) is 32.2 Å². The van der Waals surface area contributed by atoms with Gasteiger partial charge in [0.15, 0.2) is 0 Å². The van der Waals surface area contributed by atoms with Crippen molar-refractivity contribution in [2.75, 3.05) is 13.6 Å². The molecule has 0 radical (unpaired) electrons. The van der Waals surface area contributed by atoms with E-state index in [-0.39, 0.29) is 24.9 Å². The van der Waals surface area contributed by atoms with Crippen molar-refractivity contribution in [3.8, 4) is 0 Å². The highest BCUT2D eigenvalue weighted by Gasteiger charge is 2.45. The molecule has 2 unspecified atom stereocenters. The smallest absolute Gasteiger partial charge is 0.322 e. The maximum atomic E-state index is 13.8. The molecule has 8 nitrogen and oxygen atoms in total. The molecule has 2 atom stereocenters. The Balaban J connectivity index is 1.56. The highest BCUT2D eigenvalue weighted by molar-refractivity contribution is 6.03. The molecule has 2 aliphatic rings. The summed E-state index contributed by atoms with van der Waals surface area (Å²) in [7, 11) is 1.56. The van der Waals surface area contributed by atoms with Crippen LogP contribution < -0.4 is 10.6 Å². The van der Waals surface area contributed by atoms with E-state index < -0.39 is 23.9 Å². The third-order valence-corrected chi connectivity index (χ3v) is 5.43. The first-order valence-corrected chi connectivity index (χ1v) is 9.50. The third kappa shape index (κ3) is 3.42. The molecule has 0 saturated carbocycles. The molecule has 1 aromatic carbocycles. The van der Waals surface area contributed by atoms with Gasteiger partial charge in [-0.15, -0.1) is 0 Å². The quantitative estimate of drug-likeness (QED) is 0.785. The Kier molecular flexibility index (Phi) is 5.03. The average Bonchev–Trinajstić information content (AvgIpc) is 3.36. The lowest BCUT2D eigenvalue weighted by Crippen LogP contribution is -2.46. The van der Waals surface area contributed by atoms with Crippen molar-refractivity contribution in [1.29, 1.82) is 0 Å². The van der Waals surface area contributed by atoms with Crippen LogP contribution >= 0.6 is 0 Å². The Morgan fingerprint density at radius 2 is 2.13 bits per heavy atom. The van der Waals surface area contributed by atoms with Crippen molar-refractivity contribution in [3.05, 3.63) is 71.1 Å². The van der Waals surface area contributed by atoms with Crippen LogP contribution in [0.2, 0.25) is 0 Å². The number of nitrogens with zero attached hydrogens (tertiary/aromatic N) is 2. The zero-order valence-electron chi connectivity index (χ0n) is 16.5. The lowest BCUT2D eigenvalue weighted by Gasteiger charge is -2.31. The second kappa shape index (κ2) is 7.66. The number of urea groups is 1. The van der Waals surface area contributed by atoms with E-state index in [1.807, 2.05) is 0 Å². The lowest BCUT2D eigenvalue weighted by molar-refractivity contribution is -0.135. The summed E-state index contributed by atoms with van der Waals surface area (Å²) in [6.07, 6.45) is 1.51. The molecule has 156 valence electrons. The Morgan fingerprint density at radius 1 is 1.33 bits per heavy atom. The SMILES string of the molecule is CC(C(=O)NCc1ccco1)N1CC2=C(C1=O)C(c1cccc(F)c1)NC(=O)N2C. The number of furan rings is 1. The van der Waals surface area contributed by atoms with Gasteiger partial charge in [-0.2, -0.15) is 0 Å². The number of nitrogens with one attached hydrogen (secondary N) is 2. The first-order valence-electron chi connectivity index (χ1n) is 9.50. The third-order valence-electron chi connectivity index (χ3n) is 5.43. The molecule has 4 amide bonds. The minimum Gasteiger partial charge on any atom is -0.467 e. The van der Waals surface area contributed by atoms with Gasteiger partial charge in [0.2, 0.25) is 5.91 Å². The predicted octanol–water partition coefficient (Wildman–Crippen LogP) is 1.92. The second-order valence-electron chi connectivity index (χ2n) is 7.26. The van der Waals surface area contributed by atoms with Crippen molar-refractivity contribution < 1.29 is 23.2 Å². The number of hydrogen-bond donors (Lipinski definition) is 2. The normalized spacial score (nSPS) is 19.6. The summed E-state index contributed by atoms with van der Waals surface area (Å²) in [5.74, 6) is -0.576. The van der Waals surface area contributed by atoms with Crippen LogP contribution in [0, 0.1) is 5.82 Å². The molecule has 0 fully saturated rings. The maximum absolute atomic E-state index is 13.8. The van der Waals surface area contributed by atoms with Crippen LogP contribution in [0.4, 0.5) is 9.18 Å². The van der Waals surface area contributed by atoms with E-state index in [2.05, 4.69) is 10.6 Å². The molecule has 2 N–H and O–H groups in total. The van der Waals surface area contributed by atoms with E-state index in [0.717, 1.165) is 0 Å². The molecular formula is C21H21FN4O4. The Bertz CT molecular complexity index is 1030. The van der Waals surface area contributed by atoms with Crippen LogP contribution in [0.15, 0.2) is 58.3 Å². The van der Waals surface area contributed by atoms with Crippen LogP contribution in [-0.4, -0.2) is 47.3 Å². The van der Waals surface area contributed by atoms with Crippen molar-refractivity contribution in [3.63, 3.8) is 0 Å². The molecule has 0 spiro atoms. The van der Waals surface area contributed by atoms with Crippen molar-refractivity contribution in [1.82, 2.24) is 20.4 Å². The number of rotatable bonds is 5. The van der Waals surface area contributed by atoms with Gasteiger partial charge < -0.3 is 20.0 Å². The summed E-state index contributed by atoms with van der Waals surface area (Å²) in [6.45, 7) is 1.94. The fourth-order valence-corrected chi connectivity index (χ4v) is 3.71. The molecule has 2 aliphatic heterocycles. The van der Waals surface area contributed by atoms with E-state index >= 15 is 0 Å². The molecule has 0 saturated heterocycles. The minimum atomic E-state index is -0.782. The van der Waals surface area contributed by atoms with Crippen molar-refractivity contribution >= 4 is 17.8 Å². The Hall–Kier alpha value is -3.62. The van der Waals surface area contributed by atoms with Gasteiger partial charge in [-0.3, -0.25) is 14.5 Å². The van der Waals surface area contributed by atoms with E-state index in [9.17, 15) is 18.8 Å². The zero-order chi connectivity index (χ0) is 21.4. The van der Waals surface area contributed by atoms with E-state index in [0.29, 0.717) is 22.6 Å². The van der Waals surface area contributed by atoms with Gasteiger partial charge in [-0.05, 0) is 36.8 Å². The maximum Gasteiger partial charge on any atom is 0.322 e. The monoisotopic (exact) mass is 412 g/mol. The molecule has 0 bridgehead atoms. The van der Waals surface area contributed by atoms with Gasteiger partial charge in [0.05, 0.1) is 36.7 Å². The number of likely N-dealkylation sites (N-methyl/N-ethyl adjacent to an activating group) is 1. The largest absolute Gasteiger partial charge is 0.467 e. The zero-order valence-corrected chi connectivity index (χ0v) is 16.5. The predicted molar refractivity (Wildman–Crippen MR) is 104 cm³/mol. The summed E-state index contributed by atoms with van der Waals surface area (Å²) in [5.41, 5.74) is 1.31. The standard InChI is InChI=1S/C21H21FN4O4/c1-12(19(27)23-10-15-7-4-8-30-15)26-11-16-17(20(26)28)18(24-21(29)25(16)2)13-5-3-6-14(22)9-13/h3-9,12,18H,10-11H2,1-2H3,(H,23,27)(H,24,29). The van der Waals surface area contributed by atoms with E-state index in [4.69, 9.17) is 4.42 Å². The highest BCUT2D eigenvalue weighted by atomic mass is 19.1. The van der Waals surface area contributed by atoms with Crippen LogP contribution in [0.5, 0.6) is 0 Å². The van der Waals surface area contributed by atoms with Gasteiger partial charge in [-0.1, -0.05) is 12.1 Å². The first-order chi connectivity index (χ1) is 14.4. The van der Waals surface area contributed by atoms with E-state index in [1.165, 1.54) is 34.3 Å². The number of halogens is 1. The summed E-state index contributed by atoms with van der Waals surface area (Å²) in [6, 6.07) is 7.27. The van der Waals surface area contributed by atoms with Gasteiger partial charge >= 0.3 is 6.03 Å².